The normalized spacial score (nSPS) is 23.0. The van der Waals surface area contributed by atoms with Gasteiger partial charge in [0, 0.05) is 19.1 Å². The zero-order valence-corrected chi connectivity index (χ0v) is 13.8. The molecule has 4 heteroatoms. The van der Waals surface area contributed by atoms with Crippen LogP contribution in [0.25, 0.3) is 0 Å². The number of carbonyl (C=O) groups excluding carboxylic acids is 1. The molecule has 0 aliphatic carbocycles. The molecule has 0 saturated carbocycles. The Morgan fingerprint density at radius 2 is 1.78 bits per heavy atom. The zero-order valence-electron chi connectivity index (χ0n) is 13.8. The fourth-order valence-corrected chi connectivity index (χ4v) is 3.87. The second-order valence-corrected chi connectivity index (χ2v) is 6.82. The van der Waals surface area contributed by atoms with Crippen molar-refractivity contribution in [3.8, 4) is 0 Å². The molecule has 126 valence electrons. The van der Waals surface area contributed by atoms with Crippen molar-refractivity contribution in [1.82, 2.24) is 9.80 Å². The van der Waals surface area contributed by atoms with Gasteiger partial charge in [0.25, 0.3) is 5.91 Å². The summed E-state index contributed by atoms with van der Waals surface area (Å²) >= 11 is 0. The maximum Gasteiger partial charge on any atom is 0.257 e. The third kappa shape index (κ3) is 4.11. The average molecular weight is 318 g/mol. The fraction of sp³-hybridized carbons (Fsp3) is 0.632. The number of rotatable bonds is 4. The van der Waals surface area contributed by atoms with Crippen LogP contribution >= 0.6 is 0 Å². The Balaban J connectivity index is 1.63. The maximum absolute atomic E-state index is 13.9. The van der Waals surface area contributed by atoms with E-state index in [1.54, 1.807) is 18.2 Å². The zero-order chi connectivity index (χ0) is 16.1. The van der Waals surface area contributed by atoms with Gasteiger partial charge in [-0.3, -0.25) is 4.79 Å². The number of halogens is 1. The van der Waals surface area contributed by atoms with Gasteiger partial charge in [0.05, 0.1) is 5.56 Å². The van der Waals surface area contributed by atoms with E-state index in [1.165, 1.54) is 44.8 Å². The van der Waals surface area contributed by atoms with Crippen LogP contribution in [0.3, 0.4) is 0 Å². The molecular formula is C19H27FN2O. The van der Waals surface area contributed by atoms with Crippen LogP contribution in [-0.4, -0.2) is 47.9 Å². The quantitative estimate of drug-likeness (QED) is 0.845. The highest BCUT2D eigenvalue weighted by Gasteiger charge is 2.29. The van der Waals surface area contributed by atoms with Crippen molar-refractivity contribution in [3.05, 3.63) is 35.6 Å². The lowest BCUT2D eigenvalue weighted by atomic mass is 9.97. The highest BCUT2D eigenvalue weighted by atomic mass is 19.1. The van der Waals surface area contributed by atoms with Crippen molar-refractivity contribution < 1.29 is 9.18 Å². The number of nitrogens with zero attached hydrogens (tertiary/aromatic N) is 2. The Hall–Kier alpha value is -1.42. The molecule has 0 radical (unpaired) electrons. The predicted molar refractivity (Wildman–Crippen MR) is 90.0 cm³/mol. The number of carbonyl (C=O) groups is 1. The minimum atomic E-state index is -0.405. The first-order chi connectivity index (χ1) is 11.3. The third-order valence-corrected chi connectivity index (χ3v) is 5.22. The van der Waals surface area contributed by atoms with Gasteiger partial charge >= 0.3 is 0 Å². The second kappa shape index (κ2) is 7.91. The lowest BCUT2D eigenvalue weighted by Gasteiger charge is -2.37. The van der Waals surface area contributed by atoms with Crippen LogP contribution in [0.1, 0.15) is 55.3 Å². The molecule has 0 unspecified atom stereocenters. The number of hydrogen-bond acceptors (Lipinski definition) is 2. The summed E-state index contributed by atoms with van der Waals surface area (Å²) in [5.74, 6) is -0.538. The average Bonchev–Trinajstić information content (AvgIpc) is 2.61. The third-order valence-electron chi connectivity index (χ3n) is 5.22. The summed E-state index contributed by atoms with van der Waals surface area (Å²) in [6, 6.07) is 6.62. The number of hydrogen-bond donors (Lipinski definition) is 0. The monoisotopic (exact) mass is 318 g/mol. The van der Waals surface area contributed by atoms with Crippen molar-refractivity contribution in [3.63, 3.8) is 0 Å². The molecule has 0 bridgehead atoms. The molecule has 2 aliphatic rings. The Morgan fingerprint density at radius 3 is 2.57 bits per heavy atom. The molecule has 0 N–H and O–H groups in total. The van der Waals surface area contributed by atoms with E-state index < -0.39 is 5.82 Å². The van der Waals surface area contributed by atoms with Crippen LogP contribution in [0.5, 0.6) is 0 Å². The molecule has 2 saturated heterocycles. The van der Waals surface area contributed by atoms with E-state index in [4.69, 9.17) is 0 Å². The molecule has 1 atom stereocenters. The van der Waals surface area contributed by atoms with E-state index in [9.17, 15) is 9.18 Å². The van der Waals surface area contributed by atoms with Crippen LogP contribution in [-0.2, 0) is 0 Å². The summed E-state index contributed by atoms with van der Waals surface area (Å²) in [5.41, 5.74) is 0.220. The van der Waals surface area contributed by atoms with E-state index in [0.29, 0.717) is 0 Å². The van der Waals surface area contributed by atoms with Gasteiger partial charge in [-0.05, 0) is 63.7 Å². The minimum Gasteiger partial charge on any atom is -0.336 e. The van der Waals surface area contributed by atoms with Gasteiger partial charge in [0.15, 0.2) is 0 Å². The second-order valence-electron chi connectivity index (χ2n) is 6.82. The Labute approximate surface area is 138 Å². The maximum atomic E-state index is 13.9. The topological polar surface area (TPSA) is 23.6 Å². The van der Waals surface area contributed by atoms with E-state index in [-0.39, 0.29) is 17.5 Å². The van der Waals surface area contributed by atoms with E-state index in [2.05, 4.69) is 4.90 Å². The molecule has 3 nitrogen and oxygen atoms in total. The minimum absolute atomic E-state index is 0.133. The highest BCUT2D eigenvalue weighted by molar-refractivity contribution is 5.94. The van der Waals surface area contributed by atoms with Crippen molar-refractivity contribution >= 4 is 5.91 Å². The van der Waals surface area contributed by atoms with Crippen LogP contribution in [0, 0.1) is 5.82 Å². The van der Waals surface area contributed by atoms with Crippen molar-refractivity contribution in [2.45, 2.75) is 51.0 Å². The predicted octanol–water partition coefficient (Wildman–Crippen LogP) is 3.70. The first-order valence-corrected chi connectivity index (χ1v) is 9.03. The van der Waals surface area contributed by atoms with Gasteiger partial charge in [-0.1, -0.05) is 18.6 Å². The molecule has 1 aromatic carbocycles. The van der Waals surface area contributed by atoms with Crippen LogP contribution in [0.2, 0.25) is 0 Å². The molecule has 0 spiro atoms. The summed E-state index contributed by atoms with van der Waals surface area (Å²) in [4.78, 5) is 17.2. The lowest BCUT2D eigenvalue weighted by molar-refractivity contribution is 0.0574. The first-order valence-electron chi connectivity index (χ1n) is 9.03. The summed E-state index contributed by atoms with van der Waals surface area (Å²) in [6.45, 7) is 4.20. The number of amides is 1. The lowest BCUT2D eigenvalue weighted by Crippen LogP contribution is -2.45. The fourth-order valence-electron chi connectivity index (χ4n) is 3.87. The highest BCUT2D eigenvalue weighted by Crippen LogP contribution is 2.23. The van der Waals surface area contributed by atoms with E-state index >= 15 is 0 Å². The van der Waals surface area contributed by atoms with E-state index in [0.717, 1.165) is 32.4 Å². The Morgan fingerprint density at radius 1 is 1.04 bits per heavy atom. The summed E-state index contributed by atoms with van der Waals surface area (Å²) in [6.07, 6.45) is 8.20. The molecule has 2 aliphatic heterocycles. The van der Waals surface area contributed by atoms with Gasteiger partial charge in [-0.2, -0.15) is 0 Å². The van der Waals surface area contributed by atoms with Crippen LogP contribution < -0.4 is 0 Å². The SMILES string of the molecule is O=C(c1ccccc1F)N1CCCC[C@@H]1CCN1CCCCC1. The van der Waals surface area contributed by atoms with Crippen LogP contribution in [0.4, 0.5) is 4.39 Å². The number of likely N-dealkylation sites (tertiary alicyclic amines) is 2. The first kappa shape index (κ1) is 16.4. The molecule has 2 heterocycles. The number of benzene rings is 1. The smallest absolute Gasteiger partial charge is 0.257 e. The Bertz CT molecular complexity index is 528. The summed E-state index contributed by atoms with van der Waals surface area (Å²) in [5, 5.41) is 0. The molecule has 1 amide bonds. The van der Waals surface area contributed by atoms with Gasteiger partial charge in [0.1, 0.15) is 5.82 Å². The molecule has 1 aromatic rings. The Kier molecular flexibility index (Phi) is 5.65. The van der Waals surface area contributed by atoms with Crippen molar-refractivity contribution in [2.75, 3.05) is 26.2 Å². The molecule has 23 heavy (non-hydrogen) atoms. The number of piperidine rings is 2. The van der Waals surface area contributed by atoms with Crippen molar-refractivity contribution in [2.24, 2.45) is 0 Å². The van der Waals surface area contributed by atoms with Crippen molar-refractivity contribution in [1.29, 1.82) is 0 Å². The van der Waals surface area contributed by atoms with Gasteiger partial charge < -0.3 is 9.80 Å². The van der Waals surface area contributed by atoms with Gasteiger partial charge in [-0.25, -0.2) is 4.39 Å². The summed E-state index contributed by atoms with van der Waals surface area (Å²) < 4.78 is 13.9. The van der Waals surface area contributed by atoms with Gasteiger partial charge in [0.2, 0.25) is 0 Å². The molecule has 2 fully saturated rings. The summed E-state index contributed by atoms with van der Waals surface area (Å²) in [7, 11) is 0. The van der Waals surface area contributed by atoms with Crippen LogP contribution in [0.15, 0.2) is 24.3 Å². The molecule has 3 rings (SSSR count). The molecule has 0 aromatic heterocycles. The van der Waals surface area contributed by atoms with E-state index in [1.807, 2.05) is 4.90 Å². The molecular weight excluding hydrogens is 291 g/mol. The largest absolute Gasteiger partial charge is 0.336 e. The van der Waals surface area contributed by atoms with Gasteiger partial charge in [-0.15, -0.1) is 0 Å². The standard InChI is InChI=1S/C19H27FN2O/c20-18-10-3-2-9-17(18)19(23)22-14-7-4-8-16(22)11-15-21-12-5-1-6-13-21/h2-3,9-10,16H,1,4-8,11-15H2/t16-/m1/s1.